The lowest BCUT2D eigenvalue weighted by atomic mass is 10.2. The summed E-state index contributed by atoms with van der Waals surface area (Å²) in [7, 11) is 0. The van der Waals surface area contributed by atoms with Gasteiger partial charge in [0.2, 0.25) is 11.1 Å². The van der Waals surface area contributed by atoms with Crippen molar-refractivity contribution in [2.24, 2.45) is 5.73 Å². The Morgan fingerprint density at radius 1 is 1.20 bits per heavy atom. The smallest absolute Gasteiger partial charge is 0.227 e. The summed E-state index contributed by atoms with van der Waals surface area (Å²) in [6.07, 6.45) is 3.41. The number of fused-ring (bicyclic) bond motifs is 1. The second-order valence-electron chi connectivity index (χ2n) is 3.96. The first kappa shape index (κ1) is 12.5. The summed E-state index contributed by atoms with van der Waals surface area (Å²) in [5.41, 5.74) is 7.47. The summed E-state index contributed by atoms with van der Waals surface area (Å²) in [5.74, 6) is -0.265. The molecule has 8 heteroatoms. The van der Waals surface area contributed by atoms with Crippen LogP contribution in [0.25, 0.3) is 16.9 Å². The Bertz CT molecular complexity index is 757. The van der Waals surface area contributed by atoms with Crippen molar-refractivity contribution in [2.45, 2.75) is 5.16 Å². The largest absolute Gasteiger partial charge is 0.369 e. The Kier molecular flexibility index (Phi) is 3.30. The van der Waals surface area contributed by atoms with Crippen molar-refractivity contribution >= 4 is 23.3 Å². The number of hydrogen-bond acceptors (Lipinski definition) is 6. The van der Waals surface area contributed by atoms with Crippen LogP contribution in [-0.4, -0.2) is 36.5 Å². The highest BCUT2D eigenvalue weighted by Gasteiger charge is 2.10. The molecule has 0 saturated heterocycles. The number of nitrogens with two attached hydrogens (primary N) is 1. The molecule has 0 radical (unpaired) electrons. The number of thioether (sulfide) groups is 1. The first-order valence-electron chi connectivity index (χ1n) is 5.78. The summed E-state index contributed by atoms with van der Waals surface area (Å²) in [4.78, 5) is 14.8. The Morgan fingerprint density at radius 3 is 2.75 bits per heavy atom. The molecule has 2 N–H and O–H groups in total. The van der Waals surface area contributed by atoms with Crippen LogP contribution in [-0.2, 0) is 4.79 Å². The minimum Gasteiger partial charge on any atom is -0.369 e. The van der Waals surface area contributed by atoms with E-state index in [0.29, 0.717) is 10.8 Å². The van der Waals surface area contributed by atoms with E-state index in [0.717, 1.165) is 11.3 Å². The van der Waals surface area contributed by atoms with Crippen LogP contribution in [0.5, 0.6) is 0 Å². The van der Waals surface area contributed by atoms with Crippen LogP contribution < -0.4 is 5.73 Å². The standard InChI is InChI=1S/C12H10N6OS/c13-10(19)7-20-12-16-15-11-2-1-9(17-18(11)12)8-3-5-14-6-4-8/h1-6H,7H2,(H2,13,19). The molecule has 20 heavy (non-hydrogen) atoms. The van der Waals surface area contributed by atoms with Gasteiger partial charge in [0.15, 0.2) is 5.65 Å². The van der Waals surface area contributed by atoms with Gasteiger partial charge in [-0.05, 0) is 24.3 Å². The molecule has 0 aliphatic carbocycles. The van der Waals surface area contributed by atoms with Crippen molar-refractivity contribution in [2.75, 3.05) is 5.75 Å². The molecule has 3 aromatic heterocycles. The van der Waals surface area contributed by atoms with Gasteiger partial charge in [0.25, 0.3) is 0 Å². The van der Waals surface area contributed by atoms with E-state index in [9.17, 15) is 4.79 Å². The molecule has 0 aliphatic heterocycles. The fraction of sp³-hybridized carbons (Fsp3) is 0.0833. The van der Waals surface area contributed by atoms with E-state index in [2.05, 4.69) is 20.3 Å². The predicted octanol–water partition coefficient (Wildman–Crippen LogP) is 0.764. The number of aromatic nitrogens is 5. The van der Waals surface area contributed by atoms with E-state index < -0.39 is 5.91 Å². The number of carbonyl (C=O) groups is 1. The molecular weight excluding hydrogens is 276 g/mol. The number of pyridine rings is 1. The maximum Gasteiger partial charge on any atom is 0.227 e. The summed E-state index contributed by atoms with van der Waals surface area (Å²) >= 11 is 1.21. The molecule has 0 saturated carbocycles. The van der Waals surface area contributed by atoms with Gasteiger partial charge in [-0.15, -0.1) is 10.2 Å². The van der Waals surface area contributed by atoms with Crippen LogP contribution in [0.4, 0.5) is 0 Å². The number of primary amides is 1. The highest BCUT2D eigenvalue weighted by atomic mass is 32.2. The second-order valence-corrected chi connectivity index (χ2v) is 4.90. The Morgan fingerprint density at radius 2 is 2.00 bits per heavy atom. The average molecular weight is 286 g/mol. The van der Waals surface area contributed by atoms with E-state index in [1.165, 1.54) is 11.8 Å². The zero-order chi connectivity index (χ0) is 13.9. The van der Waals surface area contributed by atoms with Crippen LogP contribution in [0, 0.1) is 0 Å². The van der Waals surface area contributed by atoms with Gasteiger partial charge in [0.05, 0.1) is 11.4 Å². The van der Waals surface area contributed by atoms with Crippen molar-refractivity contribution < 1.29 is 4.79 Å². The molecule has 0 atom stereocenters. The number of nitrogens with zero attached hydrogens (tertiary/aromatic N) is 5. The van der Waals surface area contributed by atoms with Gasteiger partial charge >= 0.3 is 0 Å². The second kappa shape index (κ2) is 5.25. The highest BCUT2D eigenvalue weighted by Crippen LogP contribution is 2.19. The van der Waals surface area contributed by atoms with Crippen LogP contribution in [0.15, 0.2) is 41.8 Å². The van der Waals surface area contributed by atoms with E-state index in [1.807, 2.05) is 24.3 Å². The van der Waals surface area contributed by atoms with E-state index >= 15 is 0 Å². The van der Waals surface area contributed by atoms with Gasteiger partial charge in [-0.3, -0.25) is 9.78 Å². The van der Waals surface area contributed by atoms with E-state index in [-0.39, 0.29) is 5.75 Å². The monoisotopic (exact) mass is 286 g/mol. The van der Waals surface area contributed by atoms with Crippen LogP contribution in [0.2, 0.25) is 0 Å². The number of hydrogen-bond donors (Lipinski definition) is 1. The molecule has 0 bridgehead atoms. The zero-order valence-electron chi connectivity index (χ0n) is 10.3. The van der Waals surface area contributed by atoms with Gasteiger partial charge in [0, 0.05) is 18.0 Å². The highest BCUT2D eigenvalue weighted by molar-refractivity contribution is 7.99. The number of carbonyl (C=O) groups excluding carboxylic acids is 1. The fourth-order valence-electron chi connectivity index (χ4n) is 1.67. The normalized spacial score (nSPS) is 10.8. The van der Waals surface area contributed by atoms with Crippen molar-refractivity contribution in [1.29, 1.82) is 0 Å². The lowest BCUT2D eigenvalue weighted by molar-refractivity contribution is -0.115. The average Bonchev–Trinajstić information content (AvgIpc) is 2.88. The maximum absolute atomic E-state index is 10.8. The van der Waals surface area contributed by atoms with Crippen LogP contribution >= 0.6 is 11.8 Å². The van der Waals surface area contributed by atoms with Crippen molar-refractivity contribution in [3.8, 4) is 11.3 Å². The first-order chi connectivity index (χ1) is 9.74. The van der Waals surface area contributed by atoms with Gasteiger partial charge in [-0.25, -0.2) is 0 Å². The minimum atomic E-state index is -0.406. The van der Waals surface area contributed by atoms with Crippen LogP contribution in [0.3, 0.4) is 0 Å². The molecule has 0 unspecified atom stereocenters. The van der Waals surface area contributed by atoms with Crippen LogP contribution in [0.1, 0.15) is 0 Å². The molecule has 1 amide bonds. The molecule has 3 heterocycles. The quantitative estimate of drug-likeness (QED) is 0.711. The third kappa shape index (κ3) is 2.45. The summed E-state index contributed by atoms with van der Waals surface area (Å²) < 4.78 is 1.60. The third-order valence-corrected chi connectivity index (χ3v) is 3.50. The Labute approximate surface area is 118 Å². The molecule has 0 spiro atoms. The van der Waals surface area contributed by atoms with Gasteiger partial charge in [-0.2, -0.15) is 9.61 Å². The lowest BCUT2D eigenvalue weighted by Crippen LogP contribution is -2.13. The van der Waals surface area contributed by atoms with Crippen molar-refractivity contribution in [3.63, 3.8) is 0 Å². The SMILES string of the molecule is NC(=O)CSc1nnc2ccc(-c3ccncc3)nn12. The zero-order valence-corrected chi connectivity index (χ0v) is 11.1. The molecule has 0 aromatic carbocycles. The summed E-state index contributed by atoms with van der Waals surface area (Å²) in [6.45, 7) is 0. The summed E-state index contributed by atoms with van der Waals surface area (Å²) in [6, 6.07) is 7.43. The summed E-state index contributed by atoms with van der Waals surface area (Å²) in [5, 5.41) is 13.0. The Hall–Kier alpha value is -2.48. The molecule has 7 nitrogen and oxygen atoms in total. The minimum absolute atomic E-state index is 0.141. The van der Waals surface area contributed by atoms with Crippen molar-refractivity contribution in [3.05, 3.63) is 36.7 Å². The topological polar surface area (TPSA) is 99.1 Å². The molecule has 3 aromatic rings. The fourth-order valence-corrected chi connectivity index (χ4v) is 2.30. The number of amides is 1. The molecule has 0 fully saturated rings. The lowest BCUT2D eigenvalue weighted by Gasteiger charge is -2.02. The maximum atomic E-state index is 10.8. The third-order valence-electron chi connectivity index (χ3n) is 2.55. The van der Waals surface area contributed by atoms with E-state index in [1.54, 1.807) is 16.9 Å². The van der Waals surface area contributed by atoms with Gasteiger partial charge < -0.3 is 5.73 Å². The van der Waals surface area contributed by atoms with Gasteiger partial charge in [0.1, 0.15) is 0 Å². The molecule has 100 valence electrons. The van der Waals surface area contributed by atoms with E-state index in [4.69, 9.17) is 5.73 Å². The van der Waals surface area contributed by atoms with Gasteiger partial charge in [-0.1, -0.05) is 11.8 Å². The first-order valence-corrected chi connectivity index (χ1v) is 6.76. The molecule has 3 rings (SSSR count). The molecular formula is C12H10N6OS. The van der Waals surface area contributed by atoms with Crippen molar-refractivity contribution in [1.82, 2.24) is 24.8 Å². The number of rotatable bonds is 4. The predicted molar refractivity (Wildman–Crippen MR) is 73.9 cm³/mol. The Balaban J connectivity index is 2.01. The molecule has 0 aliphatic rings.